The van der Waals surface area contributed by atoms with Crippen molar-refractivity contribution in [1.82, 2.24) is 14.3 Å². The van der Waals surface area contributed by atoms with Gasteiger partial charge in [-0.3, -0.25) is 0 Å². The molecule has 5 nitrogen and oxygen atoms in total. The highest BCUT2D eigenvalue weighted by atomic mass is 16.4. The second kappa shape index (κ2) is 4.66. The van der Waals surface area contributed by atoms with E-state index in [0.29, 0.717) is 11.5 Å². The van der Waals surface area contributed by atoms with E-state index in [0.717, 1.165) is 37.3 Å². The molecular weight excluding hydrogens is 242 g/mol. The van der Waals surface area contributed by atoms with Crippen LogP contribution < -0.4 is 0 Å². The van der Waals surface area contributed by atoms with Crippen LogP contribution in [0.2, 0.25) is 0 Å². The van der Waals surface area contributed by atoms with Crippen LogP contribution in [-0.2, 0) is 0 Å². The third kappa shape index (κ3) is 2.21. The first-order valence-corrected chi connectivity index (χ1v) is 6.54. The molecule has 1 aliphatic rings. The first-order valence-electron chi connectivity index (χ1n) is 6.54. The van der Waals surface area contributed by atoms with Crippen LogP contribution in [0.25, 0.3) is 5.52 Å². The minimum Gasteiger partial charge on any atom is -0.478 e. The zero-order valence-electron chi connectivity index (χ0n) is 10.9. The standard InChI is InChI=1S/C14H17N3O2/c1-16-6-2-3-10(8-16)13-15-7-12-5-4-11(14(18)19)9-17(12)13/h4-5,7,9-10H,2-3,6,8H2,1H3,(H,18,19). The van der Waals surface area contributed by atoms with Gasteiger partial charge < -0.3 is 14.4 Å². The number of piperidine rings is 1. The predicted molar refractivity (Wildman–Crippen MR) is 71.6 cm³/mol. The van der Waals surface area contributed by atoms with Gasteiger partial charge in [-0.25, -0.2) is 9.78 Å². The molecular formula is C14H17N3O2. The highest BCUT2D eigenvalue weighted by Gasteiger charge is 2.22. The Morgan fingerprint density at radius 1 is 1.47 bits per heavy atom. The van der Waals surface area contributed by atoms with Crippen molar-refractivity contribution in [2.45, 2.75) is 18.8 Å². The van der Waals surface area contributed by atoms with Gasteiger partial charge in [-0.2, -0.15) is 0 Å². The first-order chi connectivity index (χ1) is 9.15. The Labute approximate surface area is 111 Å². The molecule has 19 heavy (non-hydrogen) atoms. The van der Waals surface area contributed by atoms with Crippen LogP contribution in [0.3, 0.4) is 0 Å². The number of aromatic carboxylic acids is 1. The van der Waals surface area contributed by atoms with E-state index in [-0.39, 0.29) is 0 Å². The van der Waals surface area contributed by atoms with E-state index in [9.17, 15) is 4.79 Å². The number of aromatic nitrogens is 2. The zero-order valence-corrected chi connectivity index (χ0v) is 10.9. The van der Waals surface area contributed by atoms with E-state index in [1.165, 1.54) is 0 Å². The van der Waals surface area contributed by atoms with Crippen molar-refractivity contribution < 1.29 is 9.90 Å². The second-order valence-corrected chi connectivity index (χ2v) is 5.24. The van der Waals surface area contributed by atoms with E-state index < -0.39 is 5.97 Å². The molecule has 1 fully saturated rings. The van der Waals surface area contributed by atoms with Crippen molar-refractivity contribution in [3.8, 4) is 0 Å². The maximum absolute atomic E-state index is 11.1. The third-order valence-electron chi connectivity index (χ3n) is 3.79. The lowest BCUT2D eigenvalue weighted by atomic mass is 9.98. The summed E-state index contributed by atoms with van der Waals surface area (Å²) in [5.41, 5.74) is 1.25. The van der Waals surface area contributed by atoms with E-state index >= 15 is 0 Å². The number of fused-ring (bicyclic) bond motifs is 1. The Hall–Kier alpha value is -1.88. The number of rotatable bonds is 2. The Morgan fingerprint density at radius 2 is 2.32 bits per heavy atom. The number of hydrogen-bond donors (Lipinski definition) is 1. The van der Waals surface area contributed by atoms with Crippen LogP contribution in [0, 0.1) is 0 Å². The third-order valence-corrected chi connectivity index (χ3v) is 3.79. The smallest absolute Gasteiger partial charge is 0.337 e. The number of likely N-dealkylation sites (tertiary alicyclic amines) is 1. The molecule has 0 saturated carbocycles. The summed E-state index contributed by atoms with van der Waals surface area (Å²) in [5.74, 6) is 0.456. The minimum atomic E-state index is -0.901. The Bertz CT molecular complexity index is 620. The summed E-state index contributed by atoms with van der Waals surface area (Å²) in [4.78, 5) is 17.9. The average Bonchev–Trinajstić information content (AvgIpc) is 2.81. The fourth-order valence-electron chi connectivity index (χ4n) is 2.82. The SMILES string of the molecule is CN1CCCC(c2ncc3ccc(C(=O)O)cn23)C1. The second-order valence-electron chi connectivity index (χ2n) is 5.24. The van der Waals surface area contributed by atoms with Crippen LogP contribution in [0.5, 0.6) is 0 Å². The first kappa shape index (κ1) is 12.2. The molecule has 0 spiro atoms. The molecule has 5 heteroatoms. The molecule has 3 rings (SSSR count). The summed E-state index contributed by atoms with van der Waals surface area (Å²) in [6.45, 7) is 2.11. The van der Waals surface area contributed by atoms with Crippen molar-refractivity contribution in [1.29, 1.82) is 0 Å². The molecule has 0 bridgehead atoms. The van der Waals surface area contributed by atoms with Gasteiger partial charge >= 0.3 is 5.97 Å². The summed E-state index contributed by atoms with van der Waals surface area (Å²) < 4.78 is 1.92. The molecule has 100 valence electrons. The molecule has 0 radical (unpaired) electrons. The van der Waals surface area contributed by atoms with Crippen molar-refractivity contribution >= 4 is 11.5 Å². The number of hydrogen-bond acceptors (Lipinski definition) is 3. The average molecular weight is 259 g/mol. The molecule has 1 N–H and O–H groups in total. The molecule has 2 aromatic heterocycles. The molecule has 0 amide bonds. The number of nitrogens with zero attached hydrogens (tertiary/aromatic N) is 3. The lowest BCUT2D eigenvalue weighted by molar-refractivity contribution is 0.0696. The van der Waals surface area contributed by atoms with Crippen LogP contribution in [0.1, 0.15) is 34.9 Å². The van der Waals surface area contributed by atoms with Gasteiger partial charge in [0.05, 0.1) is 17.3 Å². The predicted octanol–water partition coefficient (Wildman–Crippen LogP) is 1.84. The molecule has 1 saturated heterocycles. The van der Waals surface area contributed by atoms with E-state index in [1.807, 2.05) is 16.7 Å². The lowest BCUT2D eigenvalue weighted by Gasteiger charge is -2.28. The number of carboxylic acid groups (broad SMARTS) is 1. The molecule has 1 unspecified atom stereocenters. The maximum Gasteiger partial charge on any atom is 0.337 e. The lowest BCUT2D eigenvalue weighted by Crippen LogP contribution is -2.31. The molecule has 1 aliphatic heterocycles. The van der Waals surface area contributed by atoms with Gasteiger partial charge in [0.25, 0.3) is 0 Å². The molecule has 0 aliphatic carbocycles. The number of carbonyl (C=O) groups is 1. The van der Waals surface area contributed by atoms with Crippen LogP contribution >= 0.6 is 0 Å². The number of imidazole rings is 1. The number of pyridine rings is 1. The summed E-state index contributed by atoms with van der Waals surface area (Å²) in [6, 6.07) is 3.43. The minimum absolute atomic E-state index is 0.302. The largest absolute Gasteiger partial charge is 0.478 e. The van der Waals surface area contributed by atoms with Crippen molar-refractivity contribution in [2.24, 2.45) is 0 Å². The molecule has 2 aromatic rings. The summed E-state index contributed by atoms with van der Waals surface area (Å²) in [5, 5.41) is 9.08. The molecule has 3 heterocycles. The Kier molecular flexibility index (Phi) is 2.98. The molecule has 0 aromatic carbocycles. The van der Waals surface area contributed by atoms with Gasteiger partial charge in [0.1, 0.15) is 5.82 Å². The van der Waals surface area contributed by atoms with Gasteiger partial charge in [-0.05, 0) is 38.6 Å². The summed E-state index contributed by atoms with van der Waals surface area (Å²) in [7, 11) is 2.12. The Balaban J connectivity index is 2.03. The number of carboxylic acids is 1. The van der Waals surface area contributed by atoms with Crippen molar-refractivity contribution in [2.75, 3.05) is 20.1 Å². The van der Waals surface area contributed by atoms with Crippen molar-refractivity contribution in [3.63, 3.8) is 0 Å². The fraction of sp³-hybridized carbons (Fsp3) is 0.429. The highest BCUT2D eigenvalue weighted by molar-refractivity contribution is 5.87. The van der Waals surface area contributed by atoms with E-state index in [4.69, 9.17) is 5.11 Å². The van der Waals surface area contributed by atoms with Crippen LogP contribution in [0.15, 0.2) is 24.5 Å². The highest BCUT2D eigenvalue weighted by Crippen LogP contribution is 2.26. The maximum atomic E-state index is 11.1. The monoisotopic (exact) mass is 259 g/mol. The summed E-state index contributed by atoms with van der Waals surface area (Å²) >= 11 is 0. The van der Waals surface area contributed by atoms with Gasteiger partial charge in [-0.1, -0.05) is 0 Å². The van der Waals surface area contributed by atoms with Crippen LogP contribution in [-0.4, -0.2) is 45.5 Å². The topological polar surface area (TPSA) is 57.8 Å². The summed E-state index contributed by atoms with van der Waals surface area (Å²) in [6.07, 6.45) is 5.76. The van der Waals surface area contributed by atoms with E-state index in [2.05, 4.69) is 16.9 Å². The number of likely N-dealkylation sites (N-methyl/N-ethyl adjacent to an activating group) is 1. The van der Waals surface area contributed by atoms with Gasteiger partial charge in [-0.15, -0.1) is 0 Å². The van der Waals surface area contributed by atoms with E-state index in [1.54, 1.807) is 12.3 Å². The quantitative estimate of drug-likeness (QED) is 0.894. The zero-order chi connectivity index (χ0) is 13.4. The van der Waals surface area contributed by atoms with Crippen LogP contribution in [0.4, 0.5) is 0 Å². The molecule has 1 atom stereocenters. The normalized spacial score (nSPS) is 20.8. The van der Waals surface area contributed by atoms with Gasteiger partial charge in [0.2, 0.25) is 0 Å². The van der Waals surface area contributed by atoms with Gasteiger partial charge in [0.15, 0.2) is 0 Å². The fourth-order valence-corrected chi connectivity index (χ4v) is 2.82. The van der Waals surface area contributed by atoms with Gasteiger partial charge in [0, 0.05) is 18.7 Å². The Morgan fingerprint density at radius 3 is 3.05 bits per heavy atom. The van der Waals surface area contributed by atoms with Crippen molar-refractivity contribution in [3.05, 3.63) is 35.9 Å².